The first-order valence-electron chi connectivity index (χ1n) is 9.30. The summed E-state index contributed by atoms with van der Waals surface area (Å²) in [4.78, 5) is 26.5. The van der Waals surface area contributed by atoms with E-state index in [0.717, 1.165) is 25.7 Å². The van der Waals surface area contributed by atoms with E-state index >= 15 is 0 Å². The van der Waals surface area contributed by atoms with Crippen LogP contribution < -0.4 is 0 Å². The fraction of sp³-hybridized carbons (Fsp3) is 0.889. The van der Waals surface area contributed by atoms with Gasteiger partial charge in [0.2, 0.25) is 0 Å². The maximum atomic E-state index is 12.9. The largest absolute Gasteiger partial charge is 0.466 e. The van der Waals surface area contributed by atoms with Gasteiger partial charge in [-0.1, -0.05) is 32.1 Å². The maximum Gasteiger partial charge on any atom is 0.307 e. The van der Waals surface area contributed by atoms with Crippen molar-refractivity contribution in [3.8, 4) is 0 Å². The molecule has 5 heteroatoms. The molecule has 0 radical (unpaired) electrons. The summed E-state index contributed by atoms with van der Waals surface area (Å²) in [7, 11) is 0. The SMILES string of the molecule is CCOC(=O)CCN(C(=O)C1CCCO1)C1CCCCCCC1. The molecule has 5 nitrogen and oxygen atoms in total. The fourth-order valence-corrected chi connectivity index (χ4v) is 3.62. The van der Waals surface area contributed by atoms with Gasteiger partial charge in [0.25, 0.3) is 5.91 Å². The van der Waals surface area contributed by atoms with Crippen molar-refractivity contribution in [1.29, 1.82) is 0 Å². The number of esters is 1. The van der Waals surface area contributed by atoms with Gasteiger partial charge in [-0.15, -0.1) is 0 Å². The molecular weight excluding hydrogens is 294 g/mol. The highest BCUT2D eigenvalue weighted by Crippen LogP contribution is 2.24. The van der Waals surface area contributed by atoms with Crippen LogP contribution >= 0.6 is 0 Å². The highest BCUT2D eigenvalue weighted by Gasteiger charge is 2.32. The molecule has 1 aliphatic carbocycles. The molecule has 1 unspecified atom stereocenters. The Morgan fingerprint density at radius 3 is 2.35 bits per heavy atom. The first-order chi connectivity index (χ1) is 11.2. The van der Waals surface area contributed by atoms with E-state index in [1.54, 1.807) is 0 Å². The molecule has 0 spiro atoms. The van der Waals surface area contributed by atoms with Crippen LogP contribution in [0.25, 0.3) is 0 Å². The van der Waals surface area contributed by atoms with Gasteiger partial charge in [0.15, 0.2) is 0 Å². The van der Waals surface area contributed by atoms with Crippen molar-refractivity contribution in [2.75, 3.05) is 19.8 Å². The summed E-state index contributed by atoms with van der Waals surface area (Å²) in [6, 6.07) is 0.251. The summed E-state index contributed by atoms with van der Waals surface area (Å²) in [5, 5.41) is 0. The smallest absolute Gasteiger partial charge is 0.307 e. The average Bonchev–Trinajstić information content (AvgIpc) is 3.03. The van der Waals surface area contributed by atoms with Crippen LogP contribution in [0.1, 0.15) is 71.1 Å². The molecule has 2 fully saturated rings. The second kappa shape index (κ2) is 9.91. The standard InChI is InChI=1S/C18H31NO4/c1-2-22-17(20)12-13-19(18(21)16-11-8-14-23-16)15-9-6-4-3-5-7-10-15/h15-16H,2-14H2,1H3. The molecule has 0 aromatic carbocycles. The van der Waals surface area contributed by atoms with Gasteiger partial charge in [-0.05, 0) is 32.6 Å². The molecule has 23 heavy (non-hydrogen) atoms. The number of carbonyl (C=O) groups excluding carboxylic acids is 2. The molecule has 0 aromatic heterocycles. The van der Waals surface area contributed by atoms with Crippen molar-refractivity contribution in [2.24, 2.45) is 0 Å². The van der Waals surface area contributed by atoms with E-state index in [1.165, 1.54) is 32.1 Å². The molecular formula is C18H31NO4. The normalized spacial score (nSPS) is 23.1. The molecule has 1 atom stereocenters. The number of carbonyl (C=O) groups is 2. The van der Waals surface area contributed by atoms with Gasteiger partial charge in [-0.2, -0.15) is 0 Å². The minimum Gasteiger partial charge on any atom is -0.466 e. The first kappa shape index (κ1) is 18.2. The number of amides is 1. The maximum absolute atomic E-state index is 12.9. The van der Waals surface area contributed by atoms with Gasteiger partial charge < -0.3 is 14.4 Å². The number of nitrogens with zero attached hydrogens (tertiary/aromatic N) is 1. The van der Waals surface area contributed by atoms with Crippen molar-refractivity contribution >= 4 is 11.9 Å². The molecule has 1 amide bonds. The molecule has 2 aliphatic rings. The van der Waals surface area contributed by atoms with E-state index in [0.29, 0.717) is 19.8 Å². The Labute approximate surface area is 139 Å². The monoisotopic (exact) mass is 325 g/mol. The highest BCUT2D eigenvalue weighted by molar-refractivity contribution is 5.82. The van der Waals surface area contributed by atoms with Crippen molar-refractivity contribution in [3.05, 3.63) is 0 Å². The summed E-state index contributed by atoms with van der Waals surface area (Å²) in [6.45, 7) is 3.33. The topological polar surface area (TPSA) is 55.8 Å². The number of ether oxygens (including phenoxy) is 2. The van der Waals surface area contributed by atoms with Crippen molar-refractivity contribution in [1.82, 2.24) is 4.90 Å². The van der Waals surface area contributed by atoms with Crippen LogP contribution in [0.2, 0.25) is 0 Å². The van der Waals surface area contributed by atoms with Gasteiger partial charge in [-0.3, -0.25) is 9.59 Å². The van der Waals surface area contributed by atoms with Gasteiger partial charge in [0.05, 0.1) is 13.0 Å². The van der Waals surface area contributed by atoms with Crippen LogP contribution in [0.5, 0.6) is 0 Å². The van der Waals surface area contributed by atoms with E-state index in [9.17, 15) is 9.59 Å². The first-order valence-corrected chi connectivity index (χ1v) is 9.30. The lowest BCUT2D eigenvalue weighted by atomic mass is 9.95. The van der Waals surface area contributed by atoms with Crippen LogP contribution in [0, 0.1) is 0 Å². The lowest BCUT2D eigenvalue weighted by molar-refractivity contribution is -0.147. The highest BCUT2D eigenvalue weighted by atomic mass is 16.5. The van der Waals surface area contributed by atoms with Crippen LogP contribution in [0.3, 0.4) is 0 Å². The average molecular weight is 325 g/mol. The Kier molecular flexibility index (Phi) is 7.86. The molecule has 1 saturated carbocycles. The molecule has 132 valence electrons. The van der Waals surface area contributed by atoms with E-state index in [-0.39, 0.29) is 30.4 Å². The van der Waals surface area contributed by atoms with Crippen molar-refractivity contribution in [2.45, 2.75) is 83.3 Å². The minimum absolute atomic E-state index is 0.0809. The zero-order chi connectivity index (χ0) is 16.5. The predicted molar refractivity (Wildman–Crippen MR) is 88.0 cm³/mol. The molecule has 0 N–H and O–H groups in total. The second-order valence-electron chi connectivity index (χ2n) is 6.59. The Hall–Kier alpha value is -1.10. The lowest BCUT2D eigenvalue weighted by Gasteiger charge is -2.34. The molecule has 1 aliphatic heterocycles. The summed E-state index contributed by atoms with van der Waals surface area (Å²) in [6.07, 6.45) is 9.95. The van der Waals surface area contributed by atoms with Crippen LogP contribution in [0.4, 0.5) is 0 Å². The van der Waals surface area contributed by atoms with Crippen molar-refractivity contribution in [3.63, 3.8) is 0 Å². The fourth-order valence-electron chi connectivity index (χ4n) is 3.62. The van der Waals surface area contributed by atoms with Gasteiger partial charge >= 0.3 is 5.97 Å². The Morgan fingerprint density at radius 2 is 1.74 bits per heavy atom. The van der Waals surface area contributed by atoms with E-state index in [4.69, 9.17) is 9.47 Å². The third-order valence-corrected chi connectivity index (χ3v) is 4.87. The van der Waals surface area contributed by atoms with E-state index in [1.807, 2.05) is 11.8 Å². The van der Waals surface area contributed by atoms with Crippen LogP contribution in [-0.4, -0.2) is 48.7 Å². The minimum atomic E-state index is -0.303. The van der Waals surface area contributed by atoms with Crippen LogP contribution in [-0.2, 0) is 19.1 Å². The number of hydrogen-bond donors (Lipinski definition) is 0. The van der Waals surface area contributed by atoms with Crippen LogP contribution in [0.15, 0.2) is 0 Å². The zero-order valence-electron chi connectivity index (χ0n) is 14.4. The second-order valence-corrected chi connectivity index (χ2v) is 6.59. The third-order valence-electron chi connectivity index (χ3n) is 4.87. The summed E-state index contributed by atoms with van der Waals surface area (Å²) in [5.74, 6) is -0.138. The molecule has 0 bridgehead atoms. The Morgan fingerprint density at radius 1 is 1.04 bits per heavy atom. The van der Waals surface area contributed by atoms with Gasteiger partial charge in [0, 0.05) is 19.2 Å². The lowest BCUT2D eigenvalue weighted by Crippen LogP contribution is -2.46. The molecule has 1 heterocycles. The molecule has 1 saturated heterocycles. The summed E-state index contributed by atoms with van der Waals surface area (Å²) < 4.78 is 10.6. The number of rotatable bonds is 6. The van der Waals surface area contributed by atoms with Crippen molar-refractivity contribution < 1.29 is 19.1 Å². The molecule has 2 rings (SSSR count). The summed E-state index contributed by atoms with van der Waals surface area (Å²) in [5.41, 5.74) is 0. The quantitative estimate of drug-likeness (QED) is 0.704. The third kappa shape index (κ3) is 5.79. The van der Waals surface area contributed by atoms with Gasteiger partial charge in [-0.25, -0.2) is 0 Å². The summed E-state index contributed by atoms with van der Waals surface area (Å²) >= 11 is 0. The molecule has 0 aromatic rings. The zero-order valence-corrected chi connectivity index (χ0v) is 14.4. The number of hydrogen-bond acceptors (Lipinski definition) is 4. The van der Waals surface area contributed by atoms with Gasteiger partial charge in [0.1, 0.15) is 6.10 Å². The Bertz CT molecular complexity index is 371. The Balaban J connectivity index is 1.99. The van der Waals surface area contributed by atoms with E-state index < -0.39 is 0 Å². The predicted octanol–water partition coefficient (Wildman–Crippen LogP) is 3.06. The van der Waals surface area contributed by atoms with E-state index in [2.05, 4.69) is 0 Å².